The van der Waals surface area contributed by atoms with E-state index in [0.717, 1.165) is 25.7 Å². The van der Waals surface area contributed by atoms with Crippen LogP contribution in [0.4, 0.5) is 0 Å². The number of amides is 2. The summed E-state index contributed by atoms with van der Waals surface area (Å²) in [6.45, 7) is 6.99. The van der Waals surface area contributed by atoms with Gasteiger partial charge in [-0.25, -0.2) is 0 Å². The number of nitrogens with zero attached hydrogens (tertiary/aromatic N) is 1. The molecule has 2 amide bonds. The topological polar surface area (TPSA) is 75.4 Å². The summed E-state index contributed by atoms with van der Waals surface area (Å²) in [7, 11) is 1.58. The molecule has 0 spiro atoms. The van der Waals surface area contributed by atoms with Gasteiger partial charge >= 0.3 is 0 Å². The number of likely N-dealkylation sites (N-methyl/N-ethyl adjacent to an activating group) is 2. The number of hydrogen-bond donors (Lipinski definition) is 2. The van der Waals surface area contributed by atoms with Gasteiger partial charge in [0.05, 0.1) is 12.0 Å². The Bertz CT molecular complexity index is 286. The maximum absolute atomic E-state index is 12.7. The highest BCUT2D eigenvalue weighted by Gasteiger charge is 2.38. The first-order chi connectivity index (χ1) is 9.01. The third-order valence-corrected chi connectivity index (χ3v) is 3.58. The molecule has 0 aliphatic rings. The molecule has 0 aliphatic carbocycles. The van der Waals surface area contributed by atoms with Crippen LogP contribution in [0.2, 0.25) is 0 Å². The lowest BCUT2D eigenvalue weighted by atomic mass is 9.78. The molecule has 0 heterocycles. The van der Waals surface area contributed by atoms with Gasteiger partial charge in [-0.05, 0) is 19.8 Å². The van der Waals surface area contributed by atoms with Crippen LogP contribution in [-0.4, -0.2) is 43.4 Å². The molecule has 0 saturated heterocycles. The van der Waals surface area contributed by atoms with Crippen LogP contribution in [0.5, 0.6) is 0 Å². The largest absolute Gasteiger partial charge is 0.358 e. The zero-order chi connectivity index (χ0) is 14.9. The fraction of sp³-hybridized carbons (Fsp3) is 0.857. The van der Waals surface area contributed by atoms with Crippen molar-refractivity contribution in [2.75, 3.05) is 26.7 Å². The summed E-state index contributed by atoms with van der Waals surface area (Å²) in [4.78, 5) is 25.8. The number of carbonyl (C=O) groups excluding carboxylic acids is 2. The Morgan fingerprint density at radius 1 is 1.16 bits per heavy atom. The van der Waals surface area contributed by atoms with Gasteiger partial charge in [0.25, 0.3) is 0 Å². The molecule has 0 bridgehead atoms. The lowest BCUT2D eigenvalue weighted by Crippen LogP contribution is -2.50. The van der Waals surface area contributed by atoms with E-state index >= 15 is 0 Å². The van der Waals surface area contributed by atoms with E-state index < -0.39 is 5.41 Å². The van der Waals surface area contributed by atoms with Crippen molar-refractivity contribution >= 4 is 11.8 Å². The first-order valence-corrected chi connectivity index (χ1v) is 7.21. The SMILES string of the molecule is CCCC(CN)(CCC)C(=O)N(CC)CC(=O)NC. The molecule has 0 aromatic carbocycles. The van der Waals surface area contributed by atoms with Crippen LogP contribution in [0.15, 0.2) is 0 Å². The van der Waals surface area contributed by atoms with Gasteiger partial charge < -0.3 is 16.0 Å². The number of nitrogens with one attached hydrogen (secondary N) is 1. The standard InChI is InChI=1S/C14H29N3O2/c1-5-8-14(11-15,9-6-2)13(19)17(7-3)10-12(18)16-4/h5-11,15H2,1-4H3,(H,16,18). The monoisotopic (exact) mass is 271 g/mol. The maximum atomic E-state index is 12.7. The summed E-state index contributed by atoms with van der Waals surface area (Å²) < 4.78 is 0. The van der Waals surface area contributed by atoms with Crippen LogP contribution in [0, 0.1) is 5.41 Å². The quantitative estimate of drug-likeness (QED) is 0.660. The van der Waals surface area contributed by atoms with Gasteiger partial charge in [0.15, 0.2) is 0 Å². The normalized spacial score (nSPS) is 11.2. The van der Waals surface area contributed by atoms with E-state index in [1.165, 1.54) is 0 Å². The second kappa shape index (κ2) is 8.91. The highest BCUT2D eigenvalue weighted by atomic mass is 16.2. The van der Waals surface area contributed by atoms with Crippen molar-refractivity contribution in [1.29, 1.82) is 0 Å². The van der Waals surface area contributed by atoms with Crippen molar-refractivity contribution in [2.45, 2.75) is 46.5 Å². The molecule has 19 heavy (non-hydrogen) atoms. The molecule has 0 aromatic heterocycles. The minimum atomic E-state index is -0.506. The lowest BCUT2D eigenvalue weighted by molar-refractivity contribution is -0.145. The van der Waals surface area contributed by atoms with Crippen LogP contribution in [-0.2, 0) is 9.59 Å². The smallest absolute Gasteiger partial charge is 0.239 e. The summed E-state index contributed by atoms with van der Waals surface area (Å²) in [5.41, 5.74) is 5.38. The fourth-order valence-corrected chi connectivity index (χ4v) is 2.50. The maximum Gasteiger partial charge on any atom is 0.239 e. The fourth-order valence-electron chi connectivity index (χ4n) is 2.50. The van der Waals surface area contributed by atoms with Crippen molar-refractivity contribution in [3.8, 4) is 0 Å². The highest BCUT2D eigenvalue weighted by molar-refractivity contribution is 5.88. The molecule has 3 N–H and O–H groups in total. The minimum absolute atomic E-state index is 0.0183. The van der Waals surface area contributed by atoms with Gasteiger partial charge in [0, 0.05) is 20.1 Å². The minimum Gasteiger partial charge on any atom is -0.358 e. The molecule has 0 unspecified atom stereocenters. The summed E-state index contributed by atoms with van der Waals surface area (Å²) in [6.07, 6.45) is 3.39. The Balaban J connectivity index is 5.07. The predicted molar refractivity (Wildman–Crippen MR) is 77.6 cm³/mol. The number of rotatable bonds is 9. The van der Waals surface area contributed by atoms with Gasteiger partial charge in [0.2, 0.25) is 11.8 Å². The summed E-state index contributed by atoms with van der Waals surface area (Å²) >= 11 is 0. The number of nitrogens with two attached hydrogens (primary N) is 1. The zero-order valence-corrected chi connectivity index (χ0v) is 12.8. The third kappa shape index (κ3) is 4.82. The first-order valence-electron chi connectivity index (χ1n) is 7.21. The van der Waals surface area contributed by atoms with Crippen LogP contribution in [0.1, 0.15) is 46.5 Å². The molecular formula is C14H29N3O2. The van der Waals surface area contributed by atoms with Crippen LogP contribution in [0.25, 0.3) is 0 Å². The number of carbonyl (C=O) groups is 2. The Labute approximate surface area is 116 Å². The second-order valence-electron chi connectivity index (χ2n) is 4.98. The van der Waals surface area contributed by atoms with Gasteiger partial charge in [-0.1, -0.05) is 26.7 Å². The van der Waals surface area contributed by atoms with E-state index in [4.69, 9.17) is 5.73 Å². The third-order valence-electron chi connectivity index (χ3n) is 3.58. The lowest BCUT2D eigenvalue weighted by Gasteiger charge is -2.35. The summed E-state index contributed by atoms with van der Waals surface area (Å²) in [5.74, 6) is -0.126. The molecule has 0 aliphatic heterocycles. The molecule has 0 saturated carbocycles. The zero-order valence-electron chi connectivity index (χ0n) is 12.8. The molecular weight excluding hydrogens is 242 g/mol. The average Bonchev–Trinajstić information content (AvgIpc) is 2.43. The average molecular weight is 271 g/mol. The highest BCUT2D eigenvalue weighted by Crippen LogP contribution is 2.31. The van der Waals surface area contributed by atoms with Gasteiger partial charge in [-0.2, -0.15) is 0 Å². The van der Waals surface area contributed by atoms with Crippen molar-refractivity contribution in [1.82, 2.24) is 10.2 Å². The molecule has 0 fully saturated rings. The van der Waals surface area contributed by atoms with Gasteiger partial charge in [0.1, 0.15) is 0 Å². The summed E-state index contributed by atoms with van der Waals surface area (Å²) in [5, 5.41) is 2.55. The predicted octanol–water partition coefficient (Wildman–Crippen LogP) is 1.13. The first kappa shape index (κ1) is 17.9. The van der Waals surface area contributed by atoms with Crippen LogP contribution >= 0.6 is 0 Å². The molecule has 5 nitrogen and oxygen atoms in total. The van der Waals surface area contributed by atoms with E-state index in [-0.39, 0.29) is 18.4 Å². The van der Waals surface area contributed by atoms with E-state index in [9.17, 15) is 9.59 Å². The van der Waals surface area contributed by atoms with Crippen molar-refractivity contribution < 1.29 is 9.59 Å². The molecule has 0 rings (SSSR count). The molecule has 112 valence electrons. The van der Waals surface area contributed by atoms with Crippen LogP contribution < -0.4 is 11.1 Å². The molecule has 0 atom stereocenters. The summed E-state index contributed by atoms with van der Waals surface area (Å²) in [6, 6.07) is 0. The Kier molecular flexibility index (Phi) is 8.39. The van der Waals surface area contributed by atoms with Crippen molar-refractivity contribution in [2.24, 2.45) is 11.1 Å². The number of hydrogen-bond acceptors (Lipinski definition) is 3. The van der Waals surface area contributed by atoms with E-state index in [1.54, 1.807) is 11.9 Å². The molecule has 0 aromatic rings. The van der Waals surface area contributed by atoms with E-state index in [0.29, 0.717) is 13.1 Å². The van der Waals surface area contributed by atoms with E-state index in [1.807, 2.05) is 6.92 Å². The Morgan fingerprint density at radius 2 is 1.68 bits per heavy atom. The van der Waals surface area contributed by atoms with Crippen LogP contribution in [0.3, 0.4) is 0 Å². The van der Waals surface area contributed by atoms with Crippen molar-refractivity contribution in [3.63, 3.8) is 0 Å². The van der Waals surface area contributed by atoms with Gasteiger partial charge in [-0.3, -0.25) is 9.59 Å². The Hall–Kier alpha value is -1.10. The Morgan fingerprint density at radius 3 is 2.00 bits per heavy atom. The molecule has 5 heteroatoms. The molecule has 0 radical (unpaired) electrons. The van der Waals surface area contributed by atoms with E-state index in [2.05, 4.69) is 19.2 Å². The van der Waals surface area contributed by atoms with Crippen molar-refractivity contribution in [3.05, 3.63) is 0 Å². The van der Waals surface area contributed by atoms with Gasteiger partial charge in [-0.15, -0.1) is 0 Å². The second-order valence-corrected chi connectivity index (χ2v) is 4.98.